The molecule has 3 amide bonds. The largest absolute Gasteiger partial charge is 0.355 e. The number of hydrogen-bond acceptors (Lipinski definition) is 8. The van der Waals surface area contributed by atoms with Crippen molar-refractivity contribution >= 4 is 40.0 Å². The van der Waals surface area contributed by atoms with Gasteiger partial charge in [-0.3, -0.25) is 4.79 Å². The Labute approximate surface area is 187 Å². The zero-order valence-electron chi connectivity index (χ0n) is 17.6. The predicted octanol–water partition coefficient (Wildman–Crippen LogP) is 1.27. The van der Waals surface area contributed by atoms with E-state index in [9.17, 15) is 9.59 Å². The minimum absolute atomic E-state index is 0.0247. The van der Waals surface area contributed by atoms with Crippen LogP contribution in [0.15, 0.2) is 47.7 Å². The molecule has 168 valence electrons. The molecule has 0 aliphatic carbocycles. The lowest BCUT2D eigenvalue weighted by Gasteiger charge is -2.39. The van der Waals surface area contributed by atoms with Crippen molar-refractivity contribution in [3.8, 4) is 0 Å². The van der Waals surface area contributed by atoms with Gasteiger partial charge in [-0.25, -0.2) is 19.4 Å². The average Bonchev–Trinajstić information content (AvgIpc) is 3.53. The predicted molar refractivity (Wildman–Crippen MR) is 118 cm³/mol. The highest BCUT2D eigenvalue weighted by atomic mass is 16.6. The number of nitrogens with one attached hydrogen (secondary N) is 2. The Morgan fingerprint density at radius 1 is 1.21 bits per heavy atom. The van der Waals surface area contributed by atoms with Crippen LogP contribution in [-0.4, -0.2) is 73.2 Å². The molecule has 12 heteroatoms. The molecule has 12 nitrogen and oxygen atoms in total. The summed E-state index contributed by atoms with van der Waals surface area (Å²) < 4.78 is 6.62. The molecule has 0 bridgehead atoms. The number of anilines is 2. The lowest BCUT2D eigenvalue weighted by Crippen LogP contribution is -2.52. The highest BCUT2D eigenvalue weighted by Gasteiger charge is 2.45. The number of benzene rings is 1. The van der Waals surface area contributed by atoms with Gasteiger partial charge in [-0.05, 0) is 41.4 Å². The van der Waals surface area contributed by atoms with E-state index in [-0.39, 0.29) is 24.0 Å². The second-order valence-electron chi connectivity index (χ2n) is 8.51. The molecule has 2 aliphatic rings. The summed E-state index contributed by atoms with van der Waals surface area (Å²) in [5.41, 5.74) is 2.36. The van der Waals surface area contributed by atoms with E-state index < -0.39 is 0 Å². The van der Waals surface area contributed by atoms with Crippen LogP contribution in [0.2, 0.25) is 0 Å². The molecule has 0 unspecified atom stereocenters. The lowest BCUT2D eigenvalue weighted by atomic mass is 9.88. The van der Waals surface area contributed by atoms with Crippen molar-refractivity contribution in [2.24, 2.45) is 0 Å². The van der Waals surface area contributed by atoms with Crippen molar-refractivity contribution in [2.45, 2.75) is 18.4 Å². The molecule has 0 saturated carbocycles. The van der Waals surface area contributed by atoms with E-state index in [4.69, 9.17) is 0 Å². The number of amides is 3. The molecule has 4 aromatic rings. The number of nitrogens with zero attached hydrogens (tertiary/aromatic N) is 7. The standard InChI is InChI=1S/C21H21N9O3/c31-18(24-14-1-2-15-16(9-14)27-33-26-15)11-30-12-21(25-20(30)32)3-6-28(7-4-21)19-17-10-22-13-29(17)8-5-23-19/h1-2,5,8-10,13H,3-4,6-7,11-12H2,(H,24,31)(H,25,32). The molecule has 0 atom stereocenters. The Balaban J connectivity index is 1.09. The molecular weight excluding hydrogens is 426 g/mol. The first kappa shape index (κ1) is 19.5. The van der Waals surface area contributed by atoms with Crippen LogP contribution in [0.5, 0.6) is 0 Å². The molecule has 33 heavy (non-hydrogen) atoms. The Bertz CT molecular complexity index is 1360. The minimum Gasteiger partial charge on any atom is -0.355 e. The first-order valence-corrected chi connectivity index (χ1v) is 10.7. The van der Waals surface area contributed by atoms with Crippen molar-refractivity contribution in [1.29, 1.82) is 0 Å². The van der Waals surface area contributed by atoms with Gasteiger partial charge in [0.25, 0.3) is 0 Å². The summed E-state index contributed by atoms with van der Waals surface area (Å²) >= 11 is 0. The van der Waals surface area contributed by atoms with Crippen LogP contribution in [0.25, 0.3) is 16.6 Å². The van der Waals surface area contributed by atoms with Crippen LogP contribution >= 0.6 is 0 Å². The van der Waals surface area contributed by atoms with Crippen LogP contribution in [0.4, 0.5) is 16.3 Å². The average molecular weight is 447 g/mol. The highest BCUT2D eigenvalue weighted by Crippen LogP contribution is 2.31. The summed E-state index contributed by atoms with van der Waals surface area (Å²) in [4.78, 5) is 37.7. The Morgan fingerprint density at radius 3 is 2.94 bits per heavy atom. The number of imidazole rings is 1. The second kappa shape index (κ2) is 7.43. The first-order valence-electron chi connectivity index (χ1n) is 10.7. The fourth-order valence-corrected chi connectivity index (χ4v) is 4.66. The number of carbonyl (C=O) groups excluding carboxylic acids is 2. The van der Waals surface area contributed by atoms with E-state index in [1.165, 1.54) is 0 Å². The van der Waals surface area contributed by atoms with E-state index in [0.29, 0.717) is 23.3 Å². The third kappa shape index (κ3) is 3.49. The van der Waals surface area contributed by atoms with Gasteiger partial charge in [0.05, 0.1) is 18.1 Å². The van der Waals surface area contributed by atoms with Crippen molar-refractivity contribution in [2.75, 3.05) is 36.4 Å². The number of piperidine rings is 1. The van der Waals surface area contributed by atoms with Crippen LogP contribution in [0, 0.1) is 0 Å². The van der Waals surface area contributed by atoms with E-state index in [1.54, 1.807) is 41.8 Å². The number of carbonyl (C=O) groups is 2. The molecule has 2 fully saturated rings. The fourth-order valence-electron chi connectivity index (χ4n) is 4.66. The number of fused-ring (bicyclic) bond motifs is 2. The van der Waals surface area contributed by atoms with Gasteiger partial charge in [0.1, 0.15) is 23.1 Å². The maximum atomic E-state index is 12.6. The zero-order valence-corrected chi connectivity index (χ0v) is 17.6. The molecule has 2 aliphatic heterocycles. The molecule has 1 spiro atoms. The summed E-state index contributed by atoms with van der Waals surface area (Å²) in [6.45, 7) is 1.97. The van der Waals surface area contributed by atoms with Crippen LogP contribution in [0.1, 0.15) is 12.8 Å². The number of aromatic nitrogens is 5. The molecule has 2 N–H and O–H groups in total. The van der Waals surface area contributed by atoms with E-state index in [2.05, 4.69) is 40.4 Å². The van der Waals surface area contributed by atoms with Gasteiger partial charge < -0.3 is 24.8 Å². The van der Waals surface area contributed by atoms with Crippen LogP contribution in [0.3, 0.4) is 0 Å². The second-order valence-corrected chi connectivity index (χ2v) is 8.51. The third-order valence-electron chi connectivity index (χ3n) is 6.36. The number of hydrogen-bond donors (Lipinski definition) is 2. The Hall–Kier alpha value is -4.22. The van der Waals surface area contributed by atoms with Gasteiger partial charge in [0.2, 0.25) is 5.91 Å². The lowest BCUT2D eigenvalue weighted by molar-refractivity contribution is -0.116. The van der Waals surface area contributed by atoms with Crippen molar-refractivity contribution in [3.05, 3.63) is 43.1 Å². The Morgan fingerprint density at radius 2 is 2.06 bits per heavy atom. The van der Waals surface area contributed by atoms with Crippen molar-refractivity contribution < 1.29 is 14.2 Å². The van der Waals surface area contributed by atoms with E-state index in [1.807, 2.05) is 10.6 Å². The van der Waals surface area contributed by atoms with E-state index >= 15 is 0 Å². The molecule has 3 aromatic heterocycles. The quantitative estimate of drug-likeness (QED) is 0.478. The summed E-state index contributed by atoms with van der Waals surface area (Å²) in [6, 6.07) is 4.90. The monoisotopic (exact) mass is 447 g/mol. The van der Waals surface area contributed by atoms with Crippen LogP contribution < -0.4 is 15.5 Å². The third-order valence-corrected chi connectivity index (χ3v) is 6.36. The first-order chi connectivity index (χ1) is 16.1. The van der Waals surface area contributed by atoms with Gasteiger partial charge in [0, 0.05) is 37.7 Å². The van der Waals surface area contributed by atoms with Gasteiger partial charge in [0.15, 0.2) is 5.82 Å². The SMILES string of the molecule is O=C(CN1CC2(CCN(c3nccn4cncc34)CC2)NC1=O)Nc1ccc2nonc2c1. The van der Waals surface area contributed by atoms with Gasteiger partial charge >= 0.3 is 6.03 Å². The van der Waals surface area contributed by atoms with Crippen molar-refractivity contribution in [1.82, 2.24) is 34.9 Å². The van der Waals surface area contributed by atoms with Gasteiger partial charge in [-0.2, -0.15) is 0 Å². The molecule has 5 heterocycles. The van der Waals surface area contributed by atoms with E-state index in [0.717, 1.165) is 37.3 Å². The summed E-state index contributed by atoms with van der Waals surface area (Å²) in [7, 11) is 0. The molecule has 6 rings (SSSR count). The topological polar surface area (TPSA) is 134 Å². The maximum absolute atomic E-state index is 12.6. The minimum atomic E-state index is -0.343. The summed E-state index contributed by atoms with van der Waals surface area (Å²) in [6.07, 6.45) is 8.74. The molecular formula is C21H21N9O3. The number of urea groups is 1. The normalized spacial score (nSPS) is 17.8. The molecule has 0 radical (unpaired) electrons. The summed E-state index contributed by atoms with van der Waals surface area (Å²) in [5, 5.41) is 13.5. The Kier molecular flexibility index (Phi) is 4.38. The molecule has 1 aromatic carbocycles. The highest BCUT2D eigenvalue weighted by molar-refractivity contribution is 5.96. The van der Waals surface area contributed by atoms with Crippen molar-refractivity contribution in [3.63, 3.8) is 0 Å². The fraction of sp³-hybridized carbons (Fsp3) is 0.333. The van der Waals surface area contributed by atoms with Gasteiger partial charge in [-0.15, -0.1) is 0 Å². The van der Waals surface area contributed by atoms with Gasteiger partial charge in [-0.1, -0.05) is 0 Å². The number of rotatable bonds is 4. The van der Waals surface area contributed by atoms with Crippen LogP contribution in [-0.2, 0) is 4.79 Å². The summed E-state index contributed by atoms with van der Waals surface area (Å²) in [5.74, 6) is 0.622. The zero-order chi connectivity index (χ0) is 22.4. The smallest absolute Gasteiger partial charge is 0.318 e. The molecule has 2 saturated heterocycles. The maximum Gasteiger partial charge on any atom is 0.318 e.